The van der Waals surface area contributed by atoms with Crippen molar-refractivity contribution in [1.82, 2.24) is 0 Å². The maximum Gasteiger partial charge on any atom is 0.339 e. The summed E-state index contributed by atoms with van der Waals surface area (Å²) in [6.07, 6.45) is 0. The van der Waals surface area contributed by atoms with Gasteiger partial charge in [-0.3, -0.25) is 0 Å². The molecule has 17 heavy (non-hydrogen) atoms. The summed E-state index contributed by atoms with van der Waals surface area (Å²) in [6, 6.07) is 6.56. The molecule has 0 saturated carbocycles. The number of likely N-dealkylation sites (N-methyl/N-ethyl adjacent to an activating group) is 1. The van der Waals surface area contributed by atoms with Gasteiger partial charge in [-0.15, -0.1) is 0 Å². The Morgan fingerprint density at radius 3 is 2.71 bits per heavy atom. The molecule has 0 aliphatic heterocycles. The highest BCUT2D eigenvalue weighted by Gasteiger charge is 2.32. The zero-order valence-corrected chi connectivity index (χ0v) is 10.2. The summed E-state index contributed by atoms with van der Waals surface area (Å²) in [5.41, 5.74) is -0.885. The van der Waals surface area contributed by atoms with Gasteiger partial charge in [-0.25, -0.2) is 4.79 Å². The molecule has 94 valence electrons. The second-order valence-corrected chi connectivity index (χ2v) is 4.14. The smallest absolute Gasteiger partial charge is 0.339 e. The number of hydrogen-bond donors (Lipinski definition) is 2. The van der Waals surface area contributed by atoms with Crippen LogP contribution in [0.5, 0.6) is 5.75 Å². The Hall–Kier alpha value is -1.75. The minimum absolute atomic E-state index is 0.0725. The van der Waals surface area contributed by atoms with E-state index in [1.165, 1.54) is 14.0 Å². The maximum atomic E-state index is 11.3. The molecular weight excluding hydrogens is 222 g/mol. The number of benzene rings is 1. The first kappa shape index (κ1) is 13.3. The fourth-order valence-corrected chi connectivity index (χ4v) is 1.57. The summed E-state index contributed by atoms with van der Waals surface area (Å²) in [7, 11) is 2.94. The van der Waals surface area contributed by atoms with Crippen LogP contribution in [0.15, 0.2) is 24.3 Å². The second kappa shape index (κ2) is 5.05. The molecule has 0 amide bonds. The highest BCUT2D eigenvalue weighted by atomic mass is 16.5. The third kappa shape index (κ3) is 3.35. The molecule has 0 saturated heterocycles. The number of esters is 1. The molecule has 1 rings (SSSR count). The number of carbonyl (C=O) groups excluding carboxylic acids is 1. The van der Waals surface area contributed by atoms with Crippen LogP contribution < -0.4 is 4.90 Å². The topological polar surface area (TPSA) is 70.0 Å². The van der Waals surface area contributed by atoms with E-state index in [-0.39, 0.29) is 12.3 Å². The summed E-state index contributed by atoms with van der Waals surface area (Å²) in [6.45, 7) is 1.46. The van der Waals surface area contributed by atoms with Gasteiger partial charge in [0.1, 0.15) is 5.75 Å². The molecule has 1 unspecified atom stereocenters. The van der Waals surface area contributed by atoms with Gasteiger partial charge in [0.05, 0.1) is 13.7 Å². The normalized spacial score (nSPS) is 13.9. The summed E-state index contributed by atoms with van der Waals surface area (Å²) < 4.78 is 4.51. The van der Waals surface area contributed by atoms with E-state index < -0.39 is 11.6 Å². The fraction of sp³-hybridized carbons (Fsp3) is 0.417. The Morgan fingerprint density at radius 2 is 2.18 bits per heavy atom. The lowest BCUT2D eigenvalue weighted by molar-refractivity contribution is -0.159. The van der Waals surface area contributed by atoms with Crippen molar-refractivity contribution in [3.8, 4) is 5.75 Å². The first-order chi connectivity index (χ1) is 7.86. The highest BCUT2D eigenvalue weighted by Crippen LogP contribution is 2.20. The molecule has 1 atom stereocenters. The van der Waals surface area contributed by atoms with E-state index in [1.807, 2.05) is 0 Å². The molecule has 0 aliphatic rings. The first-order valence-electron chi connectivity index (χ1n) is 5.18. The fourth-order valence-electron chi connectivity index (χ4n) is 1.57. The number of ether oxygens (including phenoxy) is 1. The van der Waals surface area contributed by atoms with Gasteiger partial charge >= 0.3 is 5.97 Å². The van der Waals surface area contributed by atoms with Crippen LogP contribution in [0.3, 0.4) is 0 Å². The summed E-state index contributed by atoms with van der Waals surface area (Å²) >= 11 is 0. The first-order valence-corrected chi connectivity index (χ1v) is 5.18. The van der Waals surface area contributed by atoms with E-state index in [9.17, 15) is 15.0 Å². The van der Waals surface area contributed by atoms with Crippen molar-refractivity contribution in [3.05, 3.63) is 24.3 Å². The standard InChI is InChI=1S/C12H17NO4/c1-12(16,11(15)17-3)8-13(2)9-5-4-6-10(14)7-9/h4-7,14,16H,8H2,1-3H3. The van der Waals surface area contributed by atoms with Gasteiger partial charge in [0.15, 0.2) is 5.60 Å². The molecule has 1 aromatic carbocycles. The highest BCUT2D eigenvalue weighted by molar-refractivity contribution is 5.79. The van der Waals surface area contributed by atoms with Crippen LogP contribution in [0.4, 0.5) is 5.69 Å². The Kier molecular flexibility index (Phi) is 3.96. The third-order valence-corrected chi connectivity index (χ3v) is 2.44. The lowest BCUT2D eigenvalue weighted by Crippen LogP contribution is -2.46. The molecule has 0 spiro atoms. The van der Waals surface area contributed by atoms with Crippen LogP contribution in [0.1, 0.15) is 6.92 Å². The van der Waals surface area contributed by atoms with Crippen LogP contribution >= 0.6 is 0 Å². The van der Waals surface area contributed by atoms with Gasteiger partial charge in [-0.05, 0) is 19.1 Å². The van der Waals surface area contributed by atoms with E-state index in [0.29, 0.717) is 5.69 Å². The van der Waals surface area contributed by atoms with E-state index in [4.69, 9.17) is 0 Å². The number of phenols is 1. The number of rotatable bonds is 4. The number of carbonyl (C=O) groups is 1. The quantitative estimate of drug-likeness (QED) is 0.759. The summed E-state index contributed by atoms with van der Waals surface area (Å²) in [4.78, 5) is 13.0. The van der Waals surface area contributed by atoms with E-state index in [0.717, 1.165) is 0 Å². The average Bonchev–Trinajstić information content (AvgIpc) is 2.27. The van der Waals surface area contributed by atoms with Gasteiger partial charge < -0.3 is 19.8 Å². The van der Waals surface area contributed by atoms with Crippen molar-refractivity contribution >= 4 is 11.7 Å². The molecule has 0 bridgehead atoms. The monoisotopic (exact) mass is 239 g/mol. The Balaban J connectivity index is 2.79. The molecule has 0 radical (unpaired) electrons. The van der Waals surface area contributed by atoms with Crippen LogP contribution in [-0.4, -0.2) is 42.5 Å². The second-order valence-electron chi connectivity index (χ2n) is 4.14. The predicted molar refractivity (Wildman–Crippen MR) is 64.0 cm³/mol. The van der Waals surface area contributed by atoms with Crippen molar-refractivity contribution in [2.24, 2.45) is 0 Å². The minimum Gasteiger partial charge on any atom is -0.508 e. The number of phenolic OH excluding ortho intramolecular Hbond substituents is 1. The van der Waals surface area contributed by atoms with Gasteiger partial charge in [-0.1, -0.05) is 6.07 Å². The minimum atomic E-state index is -1.59. The molecule has 0 aromatic heterocycles. The number of anilines is 1. The number of hydrogen-bond acceptors (Lipinski definition) is 5. The van der Waals surface area contributed by atoms with E-state index >= 15 is 0 Å². The summed E-state index contributed by atoms with van der Waals surface area (Å²) in [5, 5.41) is 19.2. The lowest BCUT2D eigenvalue weighted by Gasteiger charge is -2.28. The molecule has 1 aromatic rings. The Morgan fingerprint density at radius 1 is 1.53 bits per heavy atom. The Bertz CT molecular complexity index is 403. The van der Waals surface area contributed by atoms with E-state index in [2.05, 4.69) is 4.74 Å². The molecule has 2 N–H and O–H groups in total. The van der Waals surface area contributed by atoms with Crippen molar-refractivity contribution in [2.75, 3.05) is 25.6 Å². The summed E-state index contributed by atoms with van der Waals surface area (Å²) in [5.74, 6) is -0.559. The van der Waals surface area contributed by atoms with Crippen LogP contribution in [0.25, 0.3) is 0 Å². The molecule has 5 heteroatoms. The van der Waals surface area contributed by atoms with Crippen molar-refractivity contribution < 1.29 is 19.7 Å². The average molecular weight is 239 g/mol. The number of nitrogens with zero attached hydrogens (tertiary/aromatic N) is 1. The SMILES string of the molecule is COC(=O)C(C)(O)CN(C)c1cccc(O)c1. The molecule has 0 heterocycles. The maximum absolute atomic E-state index is 11.3. The van der Waals surface area contributed by atoms with Gasteiger partial charge in [0.25, 0.3) is 0 Å². The largest absolute Gasteiger partial charge is 0.508 e. The molecule has 5 nitrogen and oxygen atoms in total. The van der Waals surface area contributed by atoms with Crippen LogP contribution in [0.2, 0.25) is 0 Å². The van der Waals surface area contributed by atoms with E-state index in [1.54, 1.807) is 36.2 Å². The third-order valence-electron chi connectivity index (χ3n) is 2.44. The molecular formula is C12H17NO4. The number of aromatic hydroxyl groups is 1. The van der Waals surface area contributed by atoms with Crippen LogP contribution in [0, 0.1) is 0 Å². The van der Waals surface area contributed by atoms with Crippen molar-refractivity contribution in [1.29, 1.82) is 0 Å². The van der Waals surface area contributed by atoms with Gasteiger partial charge in [-0.2, -0.15) is 0 Å². The molecule has 0 aliphatic carbocycles. The van der Waals surface area contributed by atoms with Gasteiger partial charge in [0, 0.05) is 18.8 Å². The Labute approximate surface area is 100 Å². The molecule has 0 fully saturated rings. The number of methoxy groups -OCH3 is 1. The number of aliphatic hydroxyl groups is 1. The zero-order chi connectivity index (χ0) is 13.1. The van der Waals surface area contributed by atoms with Gasteiger partial charge in [0.2, 0.25) is 0 Å². The van der Waals surface area contributed by atoms with Crippen LogP contribution in [-0.2, 0) is 9.53 Å². The van der Waals surface area contributed by atoms with Crippen molar-refractivity contribution in [2.45, 2.75) is 12.5 Å². The predicted octanol–water partition coefficient (Wildman–Crippen LogP) is 0.752. The van der Waals surface area contributed by atoms with Crippen molar-refractivity contribution in [3.63, 3.8) is 0 Å². The zero-order valence-electron chi connectivity index (χ0n) is 10.2. The lowest BCUT2D eigenvalue weighted by atomic mass is 10.1.